The Labute approximate surface area is 327 Å². The van der Waals surface area contributed by atoms with E-state index in [1.807, 2.05) is 6.07 Å². The van der Waals surface area contributed by atoms with E-state index in [4.69, 9.17) is 56.8 Å². The third-order valence-corrected chi connectivity index (χ3v) is 7.75. The second kappa shape index (κ2) is 22.4. The summed E-state index contributed by atoms with van der Waals surface area (Å²) in [6.45, 7) is 5.74. The van der Waals surface area contributed by atoms with Crippen LogP contribution in [-0.2, 0) is 97.0 Å². The van der Waals surface area contributed by atoms with Gasteiger partial charge in [-0.15, -0.1) is 0 Å². The maximum absolute atomic E-state index is 12.6. The van der Waals surface area contributed by atoms with E-state index in [1.165, 1.54) is 0 Å². The van der Waals surface area contributed by atoms with Gasteiger partial charge < -0.3 is 62.2 Å². The summed E-state index contributed by atoms with van der Waals surface area (Å²) in [6.07, 6.45) is -16.8. The van der Waals surface area contributed by atoms with Crippen LogP contribution in [0.3, 0.4) is 0 Å². The van der Waals surface area contributed by atoms with Crippen molar-refractivity contribution in [2.24, 2.45) is 0 Å². The van der Waals surface area contributed by atoms with Crippen molar-refractivity contribution in [1.29, 1.82) is 0 Å². The SMILES string of the molecule is CC(=O)OC[C@H]1O[C@@H](O[C@H]2[C@H](OC(C)=O)[C@@H](OC(C)=O)[C@H](OCCNC(=O)OCc3ccccc3)O[C@@H]2COC(C)=O)[C@H](OC(C)=O)[C@@H](OC(C)=O)[C@H]1OC(C)=O. The van der Waals surface area contributed by atoms with E-state index < -0.39 is 123 Å². The van der Waals surface area contributed by atoms with Gasteiger partial charge in [-0.05, 0) is 5.56 Å². The molecule has 1 aromatic carbocycles. The van der Waals surface area contributed by atoms with Crippen LogP contribution >= 0.6 is 0 Å². The van der Waals surface area contributed by atoms with Crippen molar-refractivity contribution in [3.05, 3.63) is 35.9 Å². The van der Waals surface area contributed by atoms with Crippen molar-refractivity contribution in [2.75, 3.05) is 26.4 Å². The molecule has 2 fully saturated rings. The first kappa shape index (κ1) is 46.0. The van der Waals surface area contributed by atoms with Crippen LogP contribution in [0.2, 0.25) is 0 Å². The Kier molecular flexibility index (Phi) is 18.1. The standard InChI is InChI=1S/C36H47NO20/c1-18(38)47-16-26-28(50-20(3)40)30(51-21(4)41)33(54-24(7)44)35(56-26)57-29-27(17-48-19(2)39)55-34(32(53-23(6)43)31(29)52-22(5)42)46-14-13-37-36(45)49-15-25-11-9-8-10-12-25/h8-12,26-35H,13-17H2,1-7H3,(H,37,45)/t26-,27-,28+,29-,30+,31+,32-,33-,34-,35+/m1/s1. The number of amides is 1. The highest BCUT2D eigenvalue weighted by Crippen LogP contribution is 2.35. The zero-order chi connectivity index (χ0) is 42.2. The zero-order valence-electron chi connectivity index (χ0n) is 32.4. The fourth-order valence-corrected chi connectivity index (χ4v) is 5.71. The summed E-state index contributed by atoms with van der Waals surface area (Å²) < 4.78 is 67.3. The number of carbonyl (C=O) groups excluding carboxylic acids is 8. The number of rotatable bonds is 17. The maximum Gasteiger partial charge on any atom is 0.407 e. The first-order chi connectivity index (χ1) is 26.9. The third-order valence-electron chi connectivity index (χ3n) is 7.75. The molecule has 2 aliphatic rings. The number of alkyl carbamates (subject to hydrolysis) is 1. The van der Waals surface area contributed by atoms with Crippen LogP contribution in [0, 0.1) is 0 Å². The van der Waals surface area contributed by atoms with Gasteiger partial charge in [-0.3, -0.25) is 33.6 Å². The number of nitrogens with one attached hydrogen (secondary N) is 1. The molecule has 0 spiro atoms. The lowest BCUT2D eigenvalue weighted by atomic mass is 9.96. The molecule has 21 heteroatoms. The molecule has 10 atom stereocenters. The Morgan fingerprint density at radius 3 is 1.47 bits per heavy atom. The molecule has 0 bridgehead atoms. The van der Waals surface area contributed by atoms with Crippen molar-refractivity contribution < 1.29 is 95.2 Å². The highest BCUT2D eigenvalue weighted by atomic mass is 16.8. The molecule has 1 aromatic rings. The number of benzene rings is 1. The molecule has 0 radical (unpaired) electrons. The summed E-state index contributed by atoms with van der Waals surface area (Å²) in [7, 11) is 0. The predicted octanol–water partition coefficient (Wildman–Crippen LogP) is 0.549. The number of hydrogen-bond donors (Lipinski definition) is 1. The lowest BCUT2D eigenvalue weighted by Crippen LogP contribution is -2.67. The molecular weight excluding hydrogens is 766 g/mol. The summed E-state index contributed by atoms with van der Waals surface area (Å²) >= 11 is 0. The number of esters is 7. The van der Waals surface area contributed by atoms with Gasteiger partial charge in [-0.25, -0.2) is 4.79 Å². The molecule has 0 aliphatic carbocycles. The lowest BCUT2D eigenvalue weighted by Gasteiger charge is -2.48. The van der Waals surface area contributed by atoms with Crippen molar-refractivity contribution in [2.45, 2.75) is 116 Å². The molecular formula is C36H47NO20. The fourth-order valence-electron chi connectivity index (χ4n) is 5.71. The second-order valence-electron chi connectivity index (χ2n) is 12.5. The van der Waals surface area contributed by atoms with Crippen LogP contribution < -0.4 is 5.32 Å². The lowest BCUT2D eigenvalue weighted by molar-refractivity contribution is -0.361. The normalized spacial score (nSPS) is 26.7. The minimum absolute atomic E-state index is 0.00335. The van der Waals surface area contributed by atoms with E-state index >= 15 is 0 Å². The average Bonchev–Trinajstić information content (AvgIpc) is 3.11. The monoisotopic (exact) mass is 813 g/mol. The molecule has 1 N–H and O–H groups in total. The van der Waals surface area contributed by atoms with Crippen LogP contribution in [0.5, 0.6) is 0 Å². The molecule has 57 heavy (non-hydrogen) atoms. The second-order valence-corrected chi connectivity index (χ2v) is 12.5. The van der Waals surface area contributed by atoms with Gasteiger partial charge in [0.2, 0.25) is 0 Å². The first-order valence-corrected chi connectivity index (χ1v) is 17.6. The Bertz CT molecular complexity index is 1570. The van der Waals surface area contributed by atoms with Gasteiger partial charge in [-0.1, -0.05) is 30.3 Å². The highest BCUT2D eigenvalue weighted by Gasteiger charge is 2.57. The van der Waals surface area contributed by atoms with E-state index in [2.05, 4.69) is 5.32 Å². The van der Waals surface area contributed by atoms with Crippen LogP contribution in [0.4, 0.5) is 4.79 Å². The topological polar surface area (TPSA) is 259 Å². The van der Waals surface area contributed by atoms with Crippen LogP contribution in [0.1, 0.15) is 54.0 Å². The van der Waals surface area contributed by atoms with Gasteiger partial charge in [0.25, 0.3) is 0 Å². The zero-order valence-corrected chi connectivity index (χ0v) is 32.4. The van der Waals surface area contributed by atoms with Gasteiger partial charge in [0.05, 0.1) is 6.61 Å². The maximum atomic E-state index is 12.6. The van der Waals surface area contributed by atoms with Gasteiger partial charge >= 0.3 is 47.9 Å². The van der Waals surface area contributed by atoms with Crippen molar-refractivity contribution in [3.8, 4) is 0 Å². The van der Waals surface area contributed by atoms with E-state index in [0.717, 1.165) is 54.0 Å². The molecule has 0 aromatic heterocycles. The summed E-state index contributed by atoms with van der Waals surface area (Å²) in [5.74, 6) is -6.07. The molecule has 3 rings (SSSR count). The van der Waals surface area contributed by atoms with Crippen molar-refractivity contribution >= 4 is 47.9 Å². The molecule has 0 saturated carbocycles. The highest BCUT2D eigenvalue weighted by molar-refractivity contribution is 5.69. The average molecular weight is 814 g/mol. The number of ether oxygens (including phenoxy) is 12. The molecule has 1 amide bonds. The Morgan fingerprint density at radius 1 is 0.526 bits per heavy atom. The van der Waals surface area contributed by atoms with Gasteiger partial charge in [0.1, 0.15) is 38.1 Å². The van der Waals surface area contributed by atoms with Crippen LogP contribution in [0.15, 0.2) is 30.3 Å². The summed E-state index contributed by atoms with van der Waals surface area (Å²) in [4.78, 5) is 98.1. The Morgan fingerprint density at radius 2 is 0.965 bits per heavy atom. The van der Waals surface area contributed by atoms with Gasteiger partial charge in [-0.2, -0.15) is 0 Å². The largest absolute Gasteiger partial charge is 0.463 e. The molecule has 316 valence electrons. The molecule has 2 aliphatic heterocycles. The van der Waals surface area contributed by atoms with Crippen LogP contribution in [-0.4, -0.2) is 136 Å². The molecule has 0 unspecified atom stereocenters. The van der Waals surface area contributed by atoms with E-state index in [1.54, 1.807) is 24.3 Å². The van der Waals surface area contributed by atoms with E-state index in [-0.39, 0.29) is 19.8 Å². The minimum Gasteiger partial charge on any atom is -0.463 e. The van der Waals surface area contributed by atoms with E-state index in [0.29, 0.717) is 0 Å². The quantitative estimate of drug-likeness (QED) is 0.128. The van der Waals surface area contributed by atoms with Gasteiger partial charge in [0.15, 0.2) is 43.1 Å². The Balaban J connectivity index is 1.98. The van der Waals surface area contributed by atoms with E-state index in [9.17, 15) is 38.4 Å². The molecule has 2 saturated heterocycles. The summed E-state index contributed by atoms with van der Waals surface area (Å²) in [5.41, 5.74) is 0.750. The summed E-state index contributed by atoms with van der Waals surface area (Å²) in [6, 6.07) is 8.91. The summed E-state index contributed by atoms with van der Waals surface area (Å²) in [5, 5.41) is 2.50. The van der Waals surface area contributed by atoms with Crippen molar-refractivity contribution in [1.82, 2.24) is 5.32 Å². The number of carbonyl (C=O) groups is 8. The predicted molar refractivity (Wildman–Crippen MR) is 184 cm³/mol. The third kappa shape index (κ3) is 15.2. The molecule has 2 heterocycles. The first-order valence-electron chi connectivity index (χ1n) is 17.6. The van der Waals surface area contributed by atoms with Crippen molar-refractivity contribution in [3.63, 3.8) is 0 Å². The van der Waals surface area contributed by atoms with Crippen LogP contribution in [0.25, 0.3) is 0 Å². The smallest absolute Gasteiger partial charge is 0.407 e. The fraction of sp³-hybridized carbons (Fsp3) is 0.611. The minimum atomic E-state index is -1.83. The Hall–Kier alpha value is -5.38. The molecule has 21 nitrogen and oxygen atoms in total. The number of hydrogen-bond acceptors (Lipinski definition) is 20. The van der Waals surface area contributed by atoms with Gasteiger partial charge in [0, 0.05) is 55.0 Å².